The number of benzene rings is 1. The van der Waals surface area contributed by atoms with Crippen LogP contribution in [-0.2, 0) is 16.0 Å². The van der Waals surface area contributed by atoms with Crippen molar-refractivity contribution in [1.29, 1.82) is 0 Å². The van der Waals surface area contributed by atoms with Crippen molar-refractivity contribution >= 4 is 5.97 Å². The standard InChI is InChI=1S/C15H21NO7/c17-11-7-23-15(22,13(19)12(11)18)8-16-10(14(20)21)6-9-4-2-1-3-5-9/h1-5,10-13,16-19,22H,6-8H2,(H,20,21)/t10-,11+,12+,13-,15?/m0/s1. The summed E-state index contributed by atoms with van der Waals surface area (Å²) < 4.78 is 4.98. The first-order chi connectivity index (χ1) is 10.8. The lowest BCUT2D eigenvalue weighted by Gasteiger charge is -2.42. The summed E-state index contributed by atoms with van der Waals surface area (Å²) in [6.07, 6.45) is -4.48. The Hall–Kier alpha value is -1.55. The van der Waals surface area contributed by atoms with Gasteiger partial charge >= 0.3 is 5.97 Å². The van der Waals surface area contributed by atoms with E-state index in [9.17, 15) is 30.3 Å². The SMILES string of the molecule is O=C(O)[C@H](Cc1ccccc1)NCC1(O)OC[C@@H](O)[C@@H](O)[C@@H]1O. The van der Waals surface area contributed by atoms with E-state index in [4.69, 9.17) is 4.74 Å². The third-order valence-electron chi connectivity index (χ3n) is 3.87. The molecule has 0 aliphatic carbocycles. The normalized spacial score (nSPS) is 32.4. The van der Waals surface area contributed by atoms with Crippen molar-refractivity contribution in [3.05, 3.63) is 35.9 Å². The van der Waals surface area contributed by atoms with E-state index in [1.54, 1.807) is 24.3 Å². The second kappa shape index (κ2) is 7.35. The summed E-state index contributed by atoms with van der Waals surface area (Å²) in [6, 6.07) is 7.92. The first-order valence-electron chi connectivity index (χ1n) is 7.24. The first-order valence-corrected chi connectivity index (χ1v) is 7.24. The molecule has 1 saturated heterocycles. The Morgan fingerprint density at radius 2 is 1.96 bits per heavy atom. The molecule has 2 rings (SSSR count). The van der Waals surface area contributed by atoms with E-state index < -0.39 is 42.7 Å². The molecular weight excluding hydrogens is 306 g/mol. The maximum Gasteiger partial charge on any atom is 0.321 e. The number of aliphatic hydroxyl groups is 4. The van der Waals surface area contributed by atoms with Crippen molar-refractivity contribution < 1.29 is 35.1 Å². The maximum absolute atomic E-state index is 11.3. The van der Waals surface area contributed by atoms with E-state index >= 15 is 0 Å². The molecule has 6 N–H and O–H groups in total. The van der Waals surface area contributed by atoms with Crippen LogP contribution in [0.1, 0.15) is 5.56 Å². The molecule has 0 saturated carbocycles. The molecule has 0 amide bonds. The zero-order chi connectivity index (χ0) is 17.0. The minimum absolute atomic E-state index is 0.174. The summed E-state index contributed by atoms with van der Waals surface area (Å²) in [5.41, 5.74) is 0.792. The number of nitrogens with one attached hydrogen (secondary N) is 1. The van der Waals surface area contributed by atoms with Gasteiger partial charge in [0, 0.05) is 0 Å². The highest BCUT2D eigenvalue weighted by molar-refractivity contribution is 5.73. The number of hydrogen-bond acceptors (Lipinski definition) is 7. The van der Waals surface area contributed by atoms with E-state index in [2.05, 4.69) is 5.32 Å². The van der Waals surface area contributed by atoms with Crippen LogP contribution in [0.2, 0.25) is 0 Å². The third kappa shape index (κ3) is 4.25. The van der Waals surface area contributed by atoms with Crippen molar-refractivity contribution in [2.24, 2.45) is 0 Å². The summed E-state index contributed by atoms with van der Waals surface area (Å²) >= 11 is 0. The minimum atomic E-state index is -2.18. The van der Waals surface area contributed by atoms with Gasteiger partial charge in [0.1, 0.15) is 24.4 Å². The van der Waals surface area contributed by atoms with Crippen LogP contribution in [0.4, 0.5) is 0 Å². The Bertz CT molecular complexity index is 526. The molecule has 5 atom stereocenters. The van der Waals surface area contributed by atoms with Gasteiger partial charge in [-0.25, -0.2) is 0 Å². The van der Waals surface area contributed by atoms with Crippen LogP contribution < -0.4 is 5.32 Å². The minimum Gasteiger partial charge on any atom is -0.480 e. The van der Waals surface area contributed by atoms with Crippen LogP contribution in [0.3, 0.4) is 0 Å². The molecule has 1 aromatic carbocycles. The predicted octanol–water partition coefficient (Wildman–Crippen LogP) is -1.93. The molecule has 1 heterocycles. The second-order valence-corrected chi connectivity index (χ2v) is 5.62. The van der Waals surface area contributed by atoms with E-state index in [1.165, 1.54) is 0 Å². The van der Waals surface area contributed by atoms with E-state index in [0.29, 0.717) is 0 Å². The number of carboxylic acid groups (broad SMARTS) is 1. The summed E-state index contributed by atoms with van der Waals surface area (Å²) in [4.78, 5) is 11.3. The molecule has 1 unspecified atom stereocenters. The van der Waals surface area contributed by atoms with Gasteiger partial charge in [-0.2, -0.15) is 0 Å². The van der Waals surface area contributed by atoms with Gasteiger partial charge in [0.05, 0.1) is 13.2 Å². The highest BCUT2D eigenvalue weighted by atomic mass is 16.6. The maximum atomic E-state index is 11.3. The fraction of sp³-hybridized carbons (Fsp3) is 0.533. The number of carboxylic acids is 1. The summed E-state index contributed by atoms with van der Waals surface area (Å²) in [5, 5.41) is 50.9. The number of carbonyl (C=O) groups is 1. The lowest BCUT2D eigenvalue weighted by atomic mass is 9.96. The van der Waals surface area contributed by atoms with E-state index in [1.807, 2.05) is 6.07 Å². The predicted molar refractivity (Wildman–Crippen MR) is 78.5 cm³/mol. The molecule has 8 nitrogen and oxygen atoms in total. The molecule has 8 heteroatoms. The van der Waals surface area contributed by atoms with Crippen LogP contribution in [0.25, 0.3) is 0 Å². The molecule has 0 bridgehead atoms. The van der Waals surface area contributed by atoms with Crippen molar-refractivity contribution in [3.8, 4) is 0 Å². The topological polar surface area (TPSA) is 139 Å². The zero-order valence-electron chi connectivity index (χ0n) is 12.4. The molecule has 1 aliphatic heterocycles. The molecule has 0 aromatic heterocycles. The fourth-order valence-electron chi connectivity index (χ4n) is 2.41. The number of hydrogen-bond donors (Lipinski definition) is 6. The molecule has 23 heavy (non-hydrogen) atoms. The summed E-state index contributed by atoms with van der Waals surface area (Å²) in [7, 11) is 0. The number of aliphatic hydroxyl groups excluding tert-OH is 3. The van der Waals surface area contributed by atoms with E-state index in [0.717, 1.165) is 5.56 Å². The largest absolute Gasteiger partial charge is 0.480 e. The van der Waals surface area contributed by atoms with Gasteiger partial charge in [-0.15, -0.1) is 0 Å². The summed E-state index contributed by atoms with van der Waals surface area (Å²) in [5.74, 6) is -3.30. The Morgan fingerprint density at radius 1 is 1.30 bits per heavy atom. The second-order valence-electron chi connectivity index (χ2n) is 5.62. The van der Waals surface area contributed by atoms with Gasteiger partial charge in [-0.3, -0.25) is 10.1 Å². The summed E-state index contributed by atoms with van der Waals surface area (Å²) in [6.45, 7) is -0.783. The fourth-order valence-corrected chi connectivity index (χ4v) is 2.41. The highest BCUT2D eigenvalue weighted by Gasteiger charge is 2.48. The van der Waals surface area contributed by atoms with Crippen LogP contribution >= 0.6 is 0 Å². The third-order valence-corrected chi connectivity index (χ3v) is 3.87. The van der Waals surface area contributed by atoms with Crippen molar-refractivity contribution in [3.63, 3.8) is 0 Å². The van der Waals surface area contributed by atoms with Gasteiger partial charge in [0.15, 0.2) is 0 Å². The van der Waals surface area contributed by atoms with Crippen molar-refractivity contribution in [2.45, 2.75) is 36.6 Å². The molecule has 128 valence electrons. The van der Waals surface area contributed by atoms with Gasteiger partial charge in [0.25, 0.3) is 0 Å². The Labute approximate surface area is 133 Å². The van der Waals surface area contributed by atoms with Gasteiger partial charge in [-0.1, -0.05) is 30.3 Å². The Morgan fingerprint density at radius 3 is 2.57 bits per heavy atom. The monoisotopic (exact) mass is 327 g/mol. The Balaban J connectivity index is 1.99. The van der Waals surface area contributed by atoms with Crippen LogP contribution in [0.5, 0.6) is 0 Å². The highest BCUT2D eigenvalue weighted by Crippen LogP contribution is 2.23. The quantitative estimate of drug-likeness (QED) is 0.355. The molecule has 1 fully saturated rings. The average Bonchev–Trinajstić information content (AvgIpc) is 2.54. The molecular formula is C15H21NO7. The van der Waals surface area contributed by atoms with Crippen LogP contribution in [-0.4, -0.2) is 74.8 Å². The Kier molecular flexibility index (Phi) is 5.69. The van der Waals surface area contributed by atoms with E-state index in [-0.39, 0.29) is 13.0 Å². The lowest BCUT2D eigenvalue weighted by molar-refractivity contribution is -0.318. The molecule has 0 radical (unpaired) electrons. The lowest BCUT2D eigenvalue weighted by Crippen LogP contribution is -2.65. The smallest absolute Gasteiger partial charge is 0.321 e. The van der Waals surface area contributed by atoms with Crippen LogP contribution in [0, 0.1) is 0 Å². The van der Waals surface area contributed by atoms with Crippen LogP contribution in [0.15, 0.2) is 30.3 Å². The van der Waals surface area contributed by atoms with Crippen molar-refractivity contribution in [2.75, 3.05) is 13.2 Å². The molecule has 0 spiro atoms. The molecule has 1 aromatic rings. The first kappa shape index (κ1) is 17.8. The average molecular weight is 327 g/mol. The van der Waals surface area contributed by atoms with Gasteiger partial charge in [-0.05, 0) is 12.0 Å². The number of aliphatic carboxylic acids is 1. The van der Waals surface area contributed by atoms with Crippen molar-refractivity contribution in [1.82, 2.24) is 5.32 Å². The number of ether oxygens (including phenoxy) is 1. The number of rotatable bonds is 6. The zero-order valence-corrected chi connectivity index (χ0v) is 12.4. The van der Waals surface area contributed by atoms with Gasteiger partial charge in [0.2, 0.25) is 5.79 Å². The molecule has 1 aliphatic rings. The van der Waals surface area contributed by atoms with Gasteiger partial charge < -0.3 is 30.3 Å².